The third-order valence-electron chi connectivity index (χ3n) is 4.25. The number of nitrogens with one attached hydrogen (secondary N) is 1. The van der Waals surface area contributed by atoms with Crippen molar-refractivity contribution in [3.05, 3.63) is 24.3 Å². The molecule has 3 heteroatoms. The molecule has 0 amide bonds. The van der Waals surface area contributed by atoms with Gasteiger partial charge >= 0.3 is 0 Å². The van der Waals surface area contributed by atoms with Crippen LogP contribution in [0.1, 0.15) is 26.2 Å². The van der Waals surface area contributed by atoms with Crippen LogP contribution < -0.4 is 10.2 Å². The van der Waals surface area contributed by atoms with Crippen LogP contribution in [0.2, 0.25) is 0 Å². The van der Waals surface area contributed by atoms with Crippen molar-refractivity contribution in [2.75, 3.05) is 23.3 Å². The lowest BCUT2D eigenvalue weighted by Crippen LogP contribution is -2.45. The van der Waals surface area contributed by atoms with Crippen LogP contribution in [0.5, 0.6) is 0 Å². The Morgan fingerprint density at radius 3 is 2.94 bits per heavy atom. The van der Waals surface area contributed by atoms with Crippen LogP contribution in [0.15, 0.2) is 24.3 Å². The first-order chi connectivity index (χ1) is 8.74. The summed E-state index contributed by atoms with van der Waals surface area (Å²) in [5.74, 6) is 0. The van der Waals surface area contributed by atoms with E-state index in [0.29, 0.717) is 12.5 Å². The van der Waals surface area contributed by atoms with Crippen molar-refractivity contribution in [2.24, 2.45) is 5.41 Å². The minimum Gasteiger partial charge on any atom is -0.381 e. The highest BCUT2D eigenvalue weighted by atomic mass is 15.2. The topological polar surface area (TPSA) is 39.1 Å². The first-order valence-electron chi connectivity index (χ1n) is 6.71. The van der Waals surface area contributed by atoms with Crippen LogP contribution >= 0.6 is 0 Å². The molecule has 3 rings (SSSR count). The molecule has 0 bridgehead atoms. The Morgan fingerprint density at radius 1 is 1.44 bits per heavy atom. The van der Waals surface area contributed by atoms with E-state index in [9.17, 15) is 0 Å². The Labute approximate surface area is 108 Å². The molecule has 1 unspecified atom stereocenters. The van der Waals surface area contributed by atoms with Crippen molar-refractivity contribution in [1.82, 2.24) is 0 Å². The molecule has 0 aromatic heterocycles. The largest absolute Gasteiger partial charge is 0.381 e. The maximum atomic E-state index is 8.95. The fourth-order valence-electron chi connectivity index (χ4n) is 2.82. The number of para-hydroxylation sites is 2. The highest BCUT2D eigenvalue weighted by Gasteiger charge is 2.45. The summed E-state index contributed by atoms with van der Waals surface area (Å²) in [6, 6.07) is 11.3. The van der Waals surface area contributed by atoms with Crippen molar-refractivity contribution in [2.45, 2.75) is 32.2 Å². The Bertz CT molecular complexity index is 485. The number of hydrogen-bond donors (Lipinski definition) is 1. The van der Waals surface area contributed by atoms with E-state index in [0.717, 1.165) is 13.1 Å². The summed E-state index contributed by atoms with van der Waals surface area (Å²) >= 11 is 0. The van der Waals surface area contributed by atoms with Crippen LogP contribution in [0, 0.1) is 16.7 Å². The number of rotatable bonds is 3. The maximum Gasteiger partial charge on any atom is 0.0628 e. The number of nitrogens with zero attached hydrogens (tertiary/aromatic N) is 2. The summed E-state index contributed by atoms with van der Waals surface area (Å²) in [4.78, 5) is 2.48. The van der Waals surface area contributed by atoms with Crippen LogP contribution in [-0.4, -0.2) is 19.1 Å². The summed E-state index contributed by atoms with van der Waals surface area (Å²) in [7, 11) is 0. The van der Waals surface area contributed by atoms with Crippen LogP contribution in [0.25, 0.3) is 0 Å². The minimum atomic E-state index is 0.271. The monoisotopic (exact) mass is 241 g/mol. The molecule has 1 aromatic rings. The molecule has 1 fully saturated rings. The van der Waals surface area contributed by atoms with Gasteiger partial charge in [-0.25, -0.2) is 0 Å². The molecule has 0 spiro atoms. The fraction of sp³-hybridized carbons (Fsp3) is 0.533. The van der Waals surface area contributed by atoms with Crippen LogP contribution in [0.4, 0.5) is 11.4 Å². The molecule has 0 saturated heterocycles. The normalized spacial score (nSPS) is 23.8. The first kappa shape index (κ1) is 11.4. The molecule has 0 radical (unpaired) electrons. The average Bonchev–Trinajstić information content (AvgIpc) is 3.14. The zero-order valence-electron chi connectivity index (χ0n) is 10.8. The molecular weight excluding hydrogens is 222 g/mol. The summed E-state index contributed by atoms with van der Waals surface area (Å²) in [6.07, 6.45) is 3.12. The van der Waals surface area contributed by atoms with Gasteiger partial charge in [-0.3, -0.25) is 0 Å². The van der Waals surface area contributed by atoms with Gasteiger partial charge in [0.2, 0.25) is 0 Å². The van der Waals surface area contributed by atoms with Gasteiger partial charge in [-0.15, -0.1) is 0 Å². The Balaban J connectivity index is 1.85. The van der Waals surface area contributed by atoms with Gasteiger partial charge in [0.15, 0.2) is 0 Å². The zero-order chi connectivity index (χ0) is 12.6. The summed E-state index contributed by atoms with van der Waals surface area (Å²) in [5.41, 5.74) is 2.79. The third-order valence-corrected chi connectivity index (χ3v) is 4.25. The quantitative estimate of drug-likeness (QED) is 0.884. The zero-order valence-corrected chi connectivity index (χ0v) is 10.8. The van der Waals surface area contributed by atoms with Crippen LogP contribution in [0.3, 0.4) is 0 Å². The molecular formula is C15H19N3. The highest BCUT2D eigenvalue weighted by Crippen LogP contribution is 2.50. The molecule has 1 aliphatic heterocycles. The number of hydrogen-bond acceptors (Lipinski definition) is 3. The van der Waals surface area contributed by atoms with E-state index in [1.54, 1.807) is 0 Å². The van der Waals surface area contributed by atoms with E-state index < -0.39 is 0 Å². The average molecular weight is 241 g/mol. The molecule has 1 heterocycles. The van der Waals surface area contributed by atoms with Crippen molar-refractivity contribution in [3.63, 3.8) is 0 Å². The van der Waals surface area contributed by atoms with Gasteiger partial charge in [-0.2, -0.15) is 5.26 Å². The van der Waals surface area contributed by atoms with E-state index in [1.165, 1.54) is 24.2 Å². The summed E-state index contributed by atoms with van der Waals surface area (Å²) in [5, 5.41) is 12.4. The summed E-state index contributed by atoms with van der Waals surface area (Å²) < 4.78 is 0. The van der Waals surface area contributed by atoms with E-state index in [4.69, 9.17) is 5.26 Å². The fourth-order valence-corrected chi connectivity index (χ4v) is 2.82. The summed E-state index contributed by atoms with van der Waals surface area (Å²) in [6.45, 7) is 4.27. The van der Waals surface area contributed by atoms with E-state index in [1.807, 2.05) is 0 Å². The second kappa shape index (κ2) is 4.20. The number of anilines is 2. The smallest absolute Gasteiger partial charge is 0.0628 e. The van der Waals surface area contributed by atoms with E-state index in [-0.39, 0.29) is 5.41 Å². The number of benzene rings is 1. The van der Waals surface area contributed by atoms with Crippen molar-refractivity contribution < 1.29 is 0 Å². The molecule has 1 saturated carbocycles. The molecule has 1 atom stereocenters. The van der Waals surface area contributed by atoms with Gasteiger partial charge in [0.05, 0.1) is 17.4 Å². The number of nitriles is 1. The van der Waals surface area contributed by atoms with Gasteiger partial charge in [-0.1, -0.05) is 12.1 Å². The Morgan fingerprint density at radius 2 is 2.22 bits per heavy atom. The third kappa shape index (κ3) is 1.92. The Kier molecular flexibility index (Phi) is 2.66. The first-order valence-corrected chi connectivity index (χ1v) is 6.71. The molecule has 3 nitrogen and oxygen atoms in total. The van der Waals surface area contributed by atoms with E-state index >= 15 is 0 Å². The van der Waals surface area contributed by atoms with Gasteiger partial charge < -0.3 is 10.2 Å². The lowest BCUT2D eigenvalue weighted by atomic mass is 10.00. The van der Waals surface area contributed by atoms with Gasteiger partial charge in [0.25, 0.3) is 0 Å². The van der Waals surface area contributed by atoms with Crippen molar-refractivity contribution in [3.8, 4) is 6.07 Å². The molecule has 1 N–H and O–H groups in total. The molecule has 18 heavy (non-hydrogen) atoms. The van der Waals surface area contributed by atoms with Crippen molar-refractivity contribution >= 4 is 11.4 Å². The van der Waals surface area contributed by atoms with Gasteiger partial charge in [0, 0.05) is 31.0 Å². The SMILES string of the molecule is CC1CNc2ccccc2N1CC1(CC#N)CC1. The maximum absolute atomic E-state index is 8.95. The minimum absolute atomic E-state index is 0.271. The second-order valence-corrected chi connectivity index (χ2v) is 5.71. The van der Waals surface area contributed by atoms with Gasteiger partial charge in [0.1, 0.15) is 0 Å². The predicted octanol–water partition coefficient (Wildman–Crippen LogP) is 3.00. The molecule has 2 aliphatic rings. The second-order valence-electron chi connectivity index (χ2n) is 5.71. The molecule has 1 aromatic carbocycles. The van der Waals surface area contributed by atoms with Crippen LogP contribution in [-0.2, 0) is 0 Å². The van der Waals surface area contributed by atoms with Gasteiger partial charge in [-0.05, 0) is 31.9 Å². The molecule has 1 aliphatic carbocycles. The predicted molar refractivity (Wildman–Crippen MR) is 73.6 cm³/mol. The molecule has 94 valence electrons. The lowest BCUT2D eigenvalue weighted by Gasteiger charge is -2.39. The lowest BCUT2D eigenvalue weighted by molar-refractivity contribution is 0.479. The number of fused-ring (bicyclic) bond motifs is 1. The highest BCUT2D eigenvalue weighted by molar-refractivity contribution is 5.72. The Hall–Kier alpha value is -1.69. The van der Waals surface area contributed by atoms with Crippen molar-refractivity contribution in [1.29, 1.82) is 5.26 Å². The van der Waals surface area contributed by atoms with E-state index in [2.05, 4.69) is 47.5 Å². The standard InChI is InChI=1S/C15H19N3/c1-12-10-17-13-4-2-3-5-14(13)18(12)11-15(6-7-15)8-9-16/h2-5,12,17H,6-8,10-11H2,1H3.